The van der Waals surface area contributed by atoms with Crippen LogP contribution in [0.25, 0.3) is 28.0 Å². The average molecular weight is 454 g/mol. The Balaban J connectivity index is 1.68. The van der Waals surface area contributed by atoms with Crippen LogP contribution in [0.2, 0.25) is 5.02 Å². The van der Waals surface area contributed by atoms with E-state index in [1.54, 1.807) is 0 Å². The second kappa shape index (κ2) is 9.58. The minimum absolute atomic E-state index is 0.00903. The highest BCUT2D eigenvalue weighted by atomic mass is 35.5. The zero-order chi connectivity index (χ0) is 21.8. The standard InChI is InChI=1S/C23H24ClN5OS/c1-3-6-15(2)26-21(30)14-31-23-28-27-22(29(23)17-11-9-16(24)10-12-17)19-13-25-20-8-5-4-7-18(19)20/h4-5,7-13,15,25H,3,6,14H2,1-2H3,(H,26,30). The van der Waals surface area contributed by atoms with Gasteiger partial charge in [0.15, 0.2) is 11.0 Å². The molecule has 2 aromatic heterocycles. The molecule has 8 heteroatoms. The minimum atomic E-state index is -0.00903. The average Bonchev–Trinajstić information content (AvgIpc) is 3.37. The Kier molecular flexibility index (Phi) is 6.63. The molecular formula is C23H24ClN5OS. The number of benzene rings is 2. The van der Waals surface area contributed by atoms with Gasteiger partial charge in [-0.2, -0.15) is 0 Å². The molecule has 0 aliphatic carbocycles. The number of nitrogens with one attached hydrogen (secondary N) is 2. The van der Waals surface area contributed by atoms with Crippen molar-refractivity contribution in [3.05, 3.63) is 59.8 Å². The Morgan fingerprint density at radius 3 is 2.74 bits per heavy atom. The maximum atomic E-state index is 12.4. The predicted octanol–water partition coefficient (Wildman–Crippen LogP) is 5.47. The zero-order valence-electron chi connectivity index (χ0n) is 17.4. The number of fused-ring (bicyclic) bond motifs is 1. The number of nitrogens with zero attached hydrogens (tertiary/aromatic N) is 3. The first-order chi connectivity index (χ1) is 15.1. The van der Waals surface area contributed by atoms with Crippen LogP contribution in [0.4, 0.5) is 0 Å². The van der Waals surface area contributed by atoms with Gasteiger partial charge < -0.3 is 10.3 Å². The van der Waals surface area contributed by atoms with Crippen LogP contribution < -0.4 is 5.32 Å². The van der Waals surface area contributed by atoms with Crippen molar-refractivity contribution in [2.75, 3.05) is 5.75 Å². The van der Waals surface area contributed by atoms with Crippen LogP contribution in [-0.4, -0.2) is 37.5 Å². The van der Waals surface area contributed by atoms with Gasteiger partial charge in [0.05, 0.1) is 5.75 Å². The van der Waals surface area contributed by atoms with Crippen LogP contribution in [-0.2, 0) is 4.79 Å². The lowest BCUT2D eigenvalue weighted by atomic mass is 10.1. The van der Waals surface area contributed by atoms with E-state index in [1.165, 1.54) is 11.8 Å². The molecule has 0 aliphatic heterocycles. The van der Waals surface area contributed by atoms with Crippen molar-refractivity contribution in [2.45, 2.75) is 37.9 Å². The molecule has 0 saturated heterocycles. The van der Waals surface area contributed by atoms with Crippen LogP contribution >= 0.6 is 23.4 Å². The molecule has 2 heterocycles. The van der Waals surface area contributed by atoms with Crippen molar-refractivity contribution < 1.29 is 4.79 Å². The van der Waals surface area contributed by atoms with Gasteiger partial charge in [0, 0.05) is 39.4 Å². The van der Waals surface area contributed by atoms with E-state index < -0.39 is 0 Å². The number of halogens is 1. The molecule has 4 rings (SSSR count). The molecule has 4 aromatic rings. The third kappa shape index (κ3) is 4.78. The van der Waals surface area contributed by atoms with Crippen LogP contribution in [0.3, 0.4) is 0 Å². The first-order valence-corrected chi connectivity index (χ1v) is 11.6. The largest absolute Gasteiger partial charge is 0.360 e. The fourth-order valence-corrected chi connectivity index (χ4v) is 4.46. The second-order valence-corrected chi connectivity index (χ2v) is 8.79. The molecule has 0 radical (unpaired) electrons. The molecule has 1 atom stereocenters. The highest BCUT2D eigenvalue weighted by Crippen LogP contribution is 2.32. The SMILES string of the molecule is CCCC(C)NC(=O)CSc1nnc(-c2c[nH]c3ccccc23)n1-c1ccc(Cl)cc1. The monoisotopic (exact) mass is 453 g/mol. The van der Waals surface area contributed by atoms with E-state index in [2.05, 4.69) is 33.5 Å². The summed E-state index contributed by atoms with van der Waals surface area (Å²) < 4.78 is 1.97. The number of aromatic nitrogens is 4. The summed E-state index contributed by atoms with van der Waals surface area (Å²) in [6.07, 6.45) is 3.93. The van der Waals surface area contributed by atoms with Crippen molar-refractivity contribution in [1.29, 1.82) is 0 Å². The number of hydrogen-bond donors (Lipinski definition) is 2. The molecule has 31 heavy (non-hydrogen) atoms. The number of thioether (sulfide) groups is 1. The molecule has 0 fully saturated rings. The van der Waals surface area contributed by atoms with E-state index in [-0.39, 0.29) is 17.7 Å². The maximum Gasteiger partial charge on any atom is 0.230 e. The fourth-order valence-electron chi connectivity index (χ4n) is 3.57. The number of amides is 1. The zero-order valence-corrected chi connectivity index (χ0v) is 19.0. The van der Waals surface area contributed by atoms with E-state index in [0.717, 1.165) is 35.0 Å². The topological polar surface area (TPSA) is 75.6 Å². The quantitative estimate of drug-likeness (QED) is 0.347. The normalized spacial score (nSPS) is 12.2. The van der Waals surface area contributed by atoms with Crippen molar-refractivity contribution in [1.82, 2.24) is 25.1 Å². The smallest absolute Gasteiger partial charge is 0.230 e. The Labute approximate surface area is 190 Å². The van der Waals surface area contributed by atoms with Gasteiger partial charge in [-0.25, -0.2) is 0 Å². The lowest BCUT2D eigenvalue weighted by Gasteiger charge is -2.13. The van der Waals surface area contributed by atoms with Gasteiger partial charge in [0.2, 0.25) is 5.91 Å². The highest BCUT2D eigenvalue weighted by Gasteiger charge is 2.20. The summed E-state index contributed by atoms with van der Waals surface area (Å²) in [5.74, 6) is 0.973. The number of hydrogen-bond acceptors (Lipinski definition) is 4. The number of H-pyrrole nitrogens is 1. The van der Waals surface area contributed by atoms with Gasteiger partial charge >= 0.3 is 0 Å². The molecule has 2 aromatic carbocycles. The minimum Gasteiger partial charge on any atom is -0.360 e. The van der Waals surface area contributed by atoms with Crippen LogP contribution in [0.15, 0.2) is 59.9 Å². The van der Waals surface area contributed by atoms with Crippen molar-refractivity contribution in [2.24, 2.45) is 0 Å². The summed E-state index contributed by atoms with van der Waals surface area (Å²) in [4.78, 5) is 15.7. The summed E-state index contributed by atoms with van der Waals surface area (Å²) in [5, 5.41) is 14.3. The van der Waals surface area contributed by atoms with Gasteiger partial charge in [-0.1, -0.05) is 54.9 Å². The van der Waals surface area contributed by atoms with Crippen LogP contribution in [0.1, 0.15) is 26.7 Å². The van der Waals surface area contributed by atoms with Crippen LogP contribution in [0, 0.1) is 0 Å². The molecule has 6 nitrogen and oxygen atoms in total. The van der Waals surface area contributed by atoms with Crippen LogP contribution in [0.5, 0.6) is 0 Å². The lowest BCUT2D eigenvalue weighted by Crippen LogP contribution is -2.33. The molecule has 0 spiro atoms. The van der Waals surface area contributed by atoms with Gasteiger partial charge in [-0.05, 0) is 43.7 Å². The van der Waals surface area contributed by atoms with E-state index in [1.807, 2.05) is 60.2 Å². The highest BCUT2D eigenvalue weighted by molar-refractivity contribution is 7.99. The maximum absolute atomic E-state index is 12.4. The first kappa shape index (κ1) is 21.5. The Hall–Kier alpha value is -2.77. The third-order valence-electron chi connectivity index (χ3n) is 5.01. The molecule has 0 aliphatic rings. The summed E-state index contributed by atoms with van der Waals surface area (Å²) in [7, 11) is 0. The molecule has 0 bridgehead atoms. The Bertz CT molecular complexity index is 1180. The molecule has 1 amide bonds. The van der Waals surface area contributed by atoms with E-state index in [4.69, 9.17) is 11.6 Å². The number of carbonyl (C=O) groups excluding carboxylic acids is 1. The summed E-state index contributed by atoms with van der Waals surface area (Å²) in [6.45, 7) is 4.13. The van der Waals surface area contributed by atoms with Gasteiger partial charge in [0.25, 0.3) is 0 Å². The molecular weight excluding hydrogens is 430 g/mol. The molecule has 160 valence electrons. The van der Waals surface area contributed by atoms with E-state index >= 15 is 0 Å². The first-order valence-electron chi connectivity index (χ1n) is 10.3. The predicted molar refractivity (Wildman–Crippen MR) is 127 cm³/mol. The van der Waals surface area contributed by atoms with Crippen molar-refractivity contribution in [3.63, 3.8) is 0 Å². The number of rotatable bonds is 8. The van der Waals surface area contributed by atoms with E-state index in [0.29, 0.717) is 16.0 Å². The van der Waals surface area contributed by atoms with Gasteiger partial charge in [0.1, 0.15) is 0 Å². The molecule has 1 unspecified atom stereocenters. The van der Waals surface area contributed by atoms with Crippen molar-refractivity contribution in [3.8, 4) is 17.1 Å². The molecule has 0 saturated carbocycles. The fraction of sp³-hybridized carbons (Fsp3) is 0.261. The van der Waals surface area contributed by atoms with E-state index in [9.17, 15) is 4.79 Å². The number of para-hydroxylation sites is 1. The summed E-state index contributed by atoms with van der Waals surface area (Å²) in [6, 6.07) is 15.8. The Morgan fingerprint density at radius 1 is 1.19 bits per heavy atom. The summed E-state index contributed by atoms with van der Waals surface area (Å²) >= 11 is 7.48. The molecule has 2 N–H and O–H groups in total. The lowest BCUT2D eigenvalue weighted by molar-refractivity contribution is -0.119. The van der Waals surface area contributed by atoms with Gasteiger partial charge in [-0.15, -0.1) is 10.2 Å². The third-order valence-corrected chi connectivity index (χ3v) is 6.19. The number of aromatic amines is 1. The van der Waals surface area contributed by atoms with Crippen molar-refractivity contribution >= 4 is 40.2 Å². The second-order valence-electron chi connectivity index (χ2n) is 7.41. The Morgan fingerprint density at radius 2 is 1.97 bits per heavy atom. The summed E-state index contributed by atoms with van der Waals surface area (Å²) in [5.41, 5.74) is 2.87. The number of carbonyl (C=O) groups is 1. The van der Waals surface area contributed by atoms with Gasteiger partial charge in [-0.3, -0.25) is 9.36 Å².